The van der Waals surface area contributed by atoms with Gasteiger partial charge in [-0.05, 0) is 40.6 Å². The fraction of sp³-hybridized carbons (Fsp3) is 0.316. The monoisotopic (exact) mass is 391 g/mol. The minimum Gasteiger partial charge on any atom is -0.462 e. The maximum absolute atomic E-state index is 11.1. The number of rotatable bonds is 5. The predicted molar refractivity (Wildman–Crippen MR) is 97.3 cm³/mol. The van der Waals surface area contributed by atoms with Crippen molar-refractivity contribution in [1.82, 2.24) is 5.48 Å². The lowest BCUT2D eigenvalue weighted by Gasteiger charge is -2.39. The van der Waals surface area contributed by atoms with Crippen LogP contribution >= 0.6 is 0 Å². The summed E-state index contributed by atoms with van der Waals surface area (Å²) in [6.45, 7) is -0.535. The zero-order valence-corrected chi connectivity index (χ0v) is 14.7. The van der Waals surface area contributed by atoms with E-state index < -0.39 is 43.2 Å². The van der Waals surface area contributed by atoms with Gasteiger partial charge in [0.1, 0.15) is 30.2 Å². The molecule has 2 aromatic rings. The van der Waals surface area contributed by atoms with Crippen LogP contribution in [0.3, 0.4) is 0 Å². The number of ether oxygens (including phenoxy) is 2. The summed E-state index contributed by atoms with van der Waals surface area (Å²) in [4.78, 5) is 11.1. The van der Waals surface area contributed by atoms with Crippen LogP contribution < -0.4 is 10.2 Å². The van der Waals surface area contributed by atoms with Crippen molar-refractivity contribution in [3.05, 3.63) is 48.0 Å². The molecule has 6 N–H and O–H groups in total. The molecule has 2 aromatic carbocycles. The Morgan fingerprint density at radius 1 is 1.07 bits per heavy atom. The van der Waals surface area contributed by atoms with Crippen LogP contribution in [0.25, 0.3) is 16.8 Å². The lowest BCUT2D eigenvalue weighted by atomic mass is 9.99. The Balaban J connectivity index is 1.77. The van der Waals surface area contributed by atoms with E-state index in [1.807, 2.05) is 6.07 Å². The van der Waals surface area contributed by atoms with Crippen molar-refractivity contribution in [3.63, 3.8) is 0 Å². The molecule has 0 bridgehead atoms. The SMILES string of the molecule is O=C(/C=C/c1ccc2cc(OC3O[C@H](CO)[C@@H](O)[C@H](O)[C@H]3O)ccc2c1)NO. The number of hydroxylamine groups is 1. The summed E-state index contributed by atoms with van der Waals surface area (Å²) in [6, 6.07) is 10.5. The predicted octanol–water partition coefficient (Wildman–Crippen LogP) is -0.463. The van der Waals surface area contributed by atoms with Crippen LogP contribution in [0, 0.1) is 0 Å². The fourth-order valence-electron chi connectivity index (χ4n) is 2.93. The first kappa shape index (κ1) is 20.2. The van der Waals surface area contributed by atoms with E-state index in [1.54, 1.807) is 36.4 Å². The third kappa shape index (κ3) is 4.30. The molecule has 5 atom stereocenters. The molecule has 0 spiro atoms. The Bertz CT molecular complexity index is 868. The van der Waals surface area contributed by atoms with Gasteiger partial charge in [0, 0.05) is 6.08 Å². The molecule has 3 rings (SSSR count). The highest BCUT2D eigenvalue weighted by Crippen LogP contribution is 2.27. The van der Waals surface area contributed by atoms with Gasteiger partial charge in [-0.3, -0.25) is 10.0 Å². The van der Waals surface area contributed by atoms with Crippen molar-refractivity contribution in [3.8, 4) is 5.75 Å². The maximum Gasteiger partial charge on any atom is 0.267 e. The number of carbonyl (C=O) groups is 1. The van der Waals surface area contributed by atoms with Gasteiger partial charge in [0.25, 0.3) is 5.91 Å². The lowest BCUT2D eigenvalue weighted by molar-refractivity contribution is -0.277. The third-order valence-corrected chi connectivity index (χ3v) is 4.47. The lowest BCUT2D eigenvalue weighted by Crippen LogP contribution is -2.60. The van der Waals surface area contributed by atoms with E-state index in [0.717, 1.165) is 16.3 Å². The Labute approximate surface area is 160 Å². The molecule has 9 heteroatoms. The molecule has 1 aliphatic heterocycles. The van der Waals surface area contributed by atoms with E-state index in [1.165, 1.54) is 11.6 Å². The summed E-state index contributed by atoms with van der Waals surface area (Å²) in [7, 11) is 0. The highest BCUT2D eigenvalue weighted by molar-refractivity contribution is 5.92. The molecule has 0 aliphatic carbocycles. The Morgan fingerprint density at radius 2 is 1.79 bits per heavy atom. The van der Waals surface area contributed by atoms with Gasteiger partial charge in [0.05, 0.1) is 6.61 Å². The fourth-order valence-corrected chi connectivity index (χ4v) is 2.93. The summed E-state index contributed by atoms with van der Waals surface area (Å²) < 4.78 is 10.9. The van der Waals surface area contributed by atoms with E-state index in [-0.39, 0.29) is 0 Å². The molecule has 1 amide bonds. The van der Waals surface area contributed by atoms with E-state index in [0.29, 0.717) is 5.75 Å². The van der Waals surface area contributed by atoms with Crippen molar-refractivity contribution in [1.29, 1.82) is 0 Å². The molecule has 0 saturated carbocycles. The largest absolute Gasteiger partial charge is 0.462 e. The molecule has 9 nitrogen and oxygen atoms in total. The van der Waals surface area contributed by atoms with Crippen molar-refractivity contribution >= 4 is 22.8 Å². The molecule has 150 valence electrons. The van der Waals surface area contributed by atoms with Crippen LogP contribution in [0.2, 0.25) is 0 Å². The Morgan fingerprint density at radius 3 is 2.50 bits per heavy atom. The number of amides is 1. The second-order valence-electron chi connectivity index (χ2n) is 6.39. The average molecular weight is 391 g/mol. The number of benzene rings is 2. The number of hydrogen-bond acceptors (Lipinski definition) is 8. The molecule has 28 heavy (non-hydrogen) atoms. The second-order valence-corrected chi connectivity index (χ2v) is 6.39. The molecule has 1 fully saturated rings. The van der Waals surface area contributed by atoms with Crippen molar-refractivity contribution < 1.29 is 39.9 Å². The first-order valence-electron chi connectivity index (χ1n) is 8.56. The minimum atomic E-state index is -1.51. The van der Waals surface area contributed by atoms with Crippen molar-refractivity contribution in [2.75, 3.05) is 6.61 Å². The Hall–Kier alpha value is -2.53. The van der Waals surface area contributed by atoms with Gasteiger partial charge >= 0.3 is 0 Å². The zero-order chi connectivity index (χ0) is 20.3. The van der Waals surface area contributed by atoms with Gasteiger partial charge in [0.15, 0.2) is 0 Å². The van der Waals surface area contributed by atoms with E-state index in [2.05, 4.69) is 0 Å². The normalized spacial score (nSPS) is 27.8. The van der Waals surface area contributed by atoms with Gasteiger partial charge < -0.3 is 29.9 Å². The summed E-state index contributed by atoms with van der Waals surface area (Å²) >= 11 is 0. The topological polar surface area (TPSA) is 149 Å². The Kier molecular flexibility index (Phi) is 6.25. The molecule has 1 aliphatic rings. The maximum atomic E-state index is 11.1. The molecule has 1 saturated heterocycles. The van der Waals surface area contributed by atoms with Crippen LogP contribution in [0.15, 0.2) is 42.5 Å². The van der Waals surface area contributed by atoms with Crippen molar-refractivity contribution in [2.45, 2.75) is 30.7 Å². The van der Waals surface area contributed by atoms with Gasteiger partial charge in [-0.25, -0.2) is 5.48 Å². The number of nitrogens with one attached hydrogen (secondary N) is 1. The van der Waals surface area contributed by atoms with Crippen molar-refractivity contribution in [2.24, 2.45) is 0 Å². The summed E-state index contributed by atoms with van der Waals surface area (Å²) in [5, 5.41) is 49.1. The molecule has 0 radical (unpaired) electrons. The molecule has 1 unspecified atom stereocenters. The summed E-state index contributed by atoms with van der Waals surface area (Å²) in [5.41, 5.74) is 2.26. The molecular formula is C19H21NO8. The highest BCUT2D eigenvalue weighted by atomic mass is 16.7. The third-order valence-electron chi connectivity index (χ3n) is 4.47. The van der Waals surface area contributed by atoms with Crippen LogP contribution in [0.1, 0.15) is 5.56 Å². The number of carbonyl (C=O) groups excluding carboxylic acids is 1. The summed E-state index contributed by atoms with van der Waals surface area (Å²) in [5.74, 6) is -0.275. The van der Waals surface area contributed by atoms with Crippen LogP contribution in [0.5, 0.6) is 5.75 Å². The number of aliphatic hydroxyl groups is 4. The zero-order valence-electron chi connectivity index (χ0n) is 14.7. The van der Waals surface area contributed by atoms with E-state index >= 15 is 0 Å². The quantitative estimate of drug-likeness (QED) is 0.228. The van der Waals surface area contributed by atoms with Gasteiger partial charge in [-0.2, -0.15) is 0 Å². The van der Waals surface area contributed by atoms with Crippen LogP contribution in [0.4, 0.5) is 0 Å². The van der Waals surface area contributed by atoms with E-state index in [4.69, 9.17) is 14.7 Å². The summed E-state index contributed by atoms with van der Waals surface area (Å²) in [6.07, 6.45) is -4.01. The number of hydrogen-bond donors (Lipinski definition) is 6. The average Bonchev–Trinajstić information content (AvgIpc) is 2.72. The van der Waals surface area contributed by atoms with Gasteiger partial charge in [0.2, 0.25) is 6.29 Å². The first-order valence-corrected chi connectivity index (χ1v) is 8.56. The second kappa shape index (κ2) is 8.65. The van der Waals surface area contributed by atoms with E-state index in [9.17, 15) is 25.2 Å². The molecule has 0 aromatic heterocycles. The molecule has 1 heterocycles. The molecular weight excluding hydrogens is 370 g/mol. The smallest absolute Gasteiger partial charge is 0.267 e. The van der Waals surface area contributed by atoms with Gasteiger partial charge in [-0.15, -0.1) is 0 Å². The minimum absolute atomic E-state index is 0.361. The first-order chi connectivity index (χ1) is 13.4. The van der Waals surface area contributed by atoms with Gasteiger partial charge in [-0.1, -0.05) is 18.2 Å². The highest BCUT2D eigenvalue weighted by Gasteiger charge is 2.44. The van der Waals surface area contributed by atoms with Crippen LogP contribution in [-0.2, 0) is 9.53 Å². The number of fused-ring (bicyclic) bond motifs is 1. The van der Waals surface area contributed by atoms with Crippen LogP contribution in [-0.4, -0.2) is 68.9 Å². The standard InChI is InChI=1S/C19H21NO8/c21-9-14-16(23)17(24)18(25)19(28-14)27-13-5-4-11-7-10(1-3-12(11)8-13)2-6-15(22)20-26/h1-8,14,16-19,21,23-26H,9H2,(H,20,22)/b6-2+/t14-,16-,17+,18-,19?/m1/s1. The number of aliphatic hydroxyl groups excluding tert-OH is 4.